The molecule has 0 spiro atoms. The molecule has 0 amide bonds. The molecule has 2 heterocycles. The van der Waals surface area contributed by atoms with Crippen LogP contribution in [0.1, 0.15) is 30.9 Å². The molecule has 96 valence electrons. The normalized spacial score (nSPS) is 12.6. The fraction of sp³-hybridized carbons (Fsp3) is 0.462. The molecule has 1 unspecified atom stereocenters. The highest BCUT2D eigenvalue weighted by molar-refractivity contribution is 5.08. The summed E-state index contributed by atoms with van der Waals surface area (Å²) in [6.45, 7) is 3.18. The molecule has 0 saturated heterocycles. The van der Waals surface area contributed by atoms with Crippen LogP contribution in [0.2, 0.25) is 0 Å². The maximum atomic E-state index is 4.43. The molecular formula is C13H19N5. The van der Waals surface area contributed by atoms with E-state index in [4.69, 9.17) is 0 Å². The Bertz CT molecular complexity index is 465. The zero-order valence-electron chi connectivity index (χ0n) is 10.9. The van der Waals surface area contributed by atoms with Crippen LogP contribution in [0.4, 0.5) is 0 Å². The van der Waals surface area contributed by atoms with E-state index in [9.17, 15) is 0 Å². The Morgan fingerprint density at radius 2 is 2.22 bits per heavy atom. The van der Waals surface area contributed by atoms with E-state index in [0.29, 0.717) is 0 Å². The zero-order valence-corrected chi connectivity index (χ0v) is 10.9. The van der Waals surface area contributed by atoms with Crippen molar-refractivity contribution in [3.8, 4) is 0 Å². The van der Waals surface area contributed by atoms with Crippen molar-refractivity contribution in [2.45, 2.75) is 32.4 Å². The fourth-order valence-electron chi connectivity index (χ4n) is 2.02. The second-order valence-electron chi connectivity index (χ2n) is 4.22. The second-order valence-corrected chi connectivity index (χ2v) is 4.22. The zero-order chi connectivity index (χ0) is 12.8. The third-order valence-corrected chi connectivity index (χ3v) is 2.96. The molecule has 2 aromatic heterocycles. The SMILES string of the molecule is CCCn1ccnc1CC(NC)c1ccncn1. The molecule has 1 atom stereocenters. The van der Waals surface area contributed by atoms with Crippen molar-refractivity contribution in [2.75, 3.05) is 7.05 Å². The van der Waals surface area contributed by atoms with Gasteiger partial charge in [0.2, 0.25) is 0 Å². The van der Waals surface area contributed by atoms with Crippen molar-refractivity contribution in [1.82, 2.24) is 24.8 Å². The van der Waals surface area contributed by atoms with E-state index in [-0.39, 0.29) is 6.04 Å². The third kappa shape index (κ3) is 2.92. The predicted octanol–water partition coefficient (Wildman–Crippen LogP) is 1.59. The highest BCUT2D eigenvalue weighted by atomic mass is 15.1. The van der Waals surface area contributed by atoms with Gasteiger partial charge in [-0.1, -0.05) is 6.92 Å². The largest absolute Gasteiger partial charge is 0.335 e. The van der Waals surface area contributed by atoms with Crippen molar-refractivity contribution in [2.24, 2.45) is 0 Å². The Hall–Kier alpha value is -1.75. The van der Waals surface area contributed by atoms with Gasteiger partial charge in [-0.2, -0.15) is 0 Å². The number of hydrogen-bond acceptors (Lipinski definition) is 4. The summed E-state index contributed by atoms with van der Waals surface area (Å²) >= 11 is 0. The molecule has 2 aromatic rings. The van der Waals surface area contributed by atoms with E-state index in [1.807, 2.05) is 25.5 Å². The van der Waals surface area contributed by atoms with Gasteiger partial charge >= 0.3 is 0 Å². The number of nitrogens with zero attached hydrogens (tertiary/aromatic N) is 4. The van der Waals surface area contributed by atoms with Crippen LogP contribution in [0.25, 0.3) is 0 Å². The van der Waals surface area contributed by atoms with Gasteiger partial charge in [-0.25, -0.2) is 15.0 Å². The molecule has 5 nitrogen and oxygen atoms in total. The molecule has 1 N–H and O–H groups in total. The smallest absolute Gasteiger partial charge is 0.115 e. The van der Waals surface area contributed by atoms with Gasteiger partial charge in [-0.05, 0) is 19.5 Å². The van der Waals surface area contributed by atoms with Crippen LogP contribution in [0.3, 0.4) is 0 Å². The minimum atomic E-state index is 0.172. The van der Waals surface area contributed by atoms with Crippen molar-refractivity contribution in [1.29, 1.82) is 0 Å². The van der Waals surface area contributed by atoms with E-state index < -0.39 is 0 Å². The van der Waals surface area contributed by atoms with Gasteiger partial charge in [0.15, 0.2) is 0 Å². The number of rotatable bonds is 6. The summed E-state index contributed by atoms with van der Waals surface area (Å²) in [4.78, 5) is 12.7. The predicted molar refractivity (Wildman–Crippen MR) is 70.1 cm³/mol. The monoisotopic (exact) mass is 245 g/mol. The standard InChI is InChI=1S/C13H19N5/c1-3-7-18-8-6-16-13(18)9-12(14-2)11-4-5-15-10-17-11/h4-6,8,10,12,14H,3,7,9H2,1-2H3. The summed E-state index contributed by atoms with van der Waals surface area (Å²) in [6, 6.07) is 2.11. The molecular weight excluding hydrogens is 226 g/mol. The molecule has 0 saturated carbocycles. The van der Waals surface area contributed by atoms with Gasteiger partial charge in [-0.15, -0.1) is 0 Å². The maximum Gasteiger partial charge on any atom is 0.115 e. The number of nitrogens with one attached hydrogen (secondary N) is 1. The summed E-state index contributed by atoms with van der Waals surface area (Å²) in [5.41, 5.74) is 0.999. The average molecular weight is 245 g/mol. The topological polar surface area (TPSA) is 55.6 Å². The van der Waals surface area contributed by atoms with Gasteiger partial charge in [-0.3, -0.25) is 0 Å². The lowest BCUT2D eigenvalue weighted by Crippen LogP contribution is -2.22. The number of imidazole rings is 1. The highest BCUT2D eigenvalue weighted by Gasteiger charge is 2.14. The van der Waals surface area contributed by atoms with Gasteiger partial charge < -0.3 is 9.88 Å². The maximum absolute atomic E-state index is 4.43. The van der Waals surface area contributed by atoms with Crippen LogP contribution in [-0.4, -0.2) is 26.6 Å². The van der Waals surface area contributed by atoms with Gasteiger partial charge in [0.1, 0.15) is 12.2 Å². The Morgan fingerprint density at radius 1 is 1.33 bits per heavy atom. The molecule has 0 fully saturated rings. The fourth-order valence-corrected chi connectivity index (χ4v) is 2.02. The van der Waals surface area contributed by atoms with Crippen LogP contribution >= 0.6 is 0 Å². The Kier molecular flexibility index (Phi) is 4.41. The lowest BCUT2D eigenvalue weighted by molar-refractivity contribution is 0.532. The molecule has 0 bridgehead atoms. The summed E-state index contributed by atoms with van der Waals surface area (Å²) in [5.74, 6) is 1.09. The molecule has 5 heteroatoms. The molecule has 0 aromatic carbocycles. The van der Waals surface area contributed by atoms with E-state index in [2.05, 4.69) is 31.8 Å². The first kappa shape index (κ1) is 12.7. The molecule has 18 heavy (non-hydrogen) atoms. The molecule has 0 aliphatic heterocycles. The van der Waals surface area contributed by atoms with Crippen LogP contribution in [0.5, 0.6) is 0 Å². The van der Waals surface area contributed by atoms with E-state index >= 15 is 0 Å². The van der Waals surface area contributed by atoms with Crippen molar-refractivity contribution in [3.05, 3.63) is 42.5 Å². The summed E-state index contributed by atoms with van der Waals surface area (Å²) in [7, 11) is 1.94. The molecule has 0 radical (unpaired) electrons. The first-order chi connectivity index (χ1) is 8.85. The van der Waals surface area contributed by atoms with Crippen molar-refractivity contribution < 1.29 is 0 Å². The minimum Gasteiger partial charge on any atom is -0.335 e. The van der Waals surface area contributed by atoms with Gasteiger partial charge in [0.05, 0.1) is 11.7 Å². The first-order valence-corrected chi connectivity index (χ1v) is 6.28. The average Bonchev–Trinajstić information content (AvgIpc) is 2.85. The highest BCUT2D eigenvalue weighted by Crippen LogP contribution is 2.14. The van der Waals surface area contributed by atoms with Gasteiger partial charge in [0, 0.05) is 31.6 Å². The van der Waals surface area contributed by atoms with E-state index in [1.165, 1.54) is 0 Å². The summed E-state index contributed by atoms with van der Waals surface area (Å²) in [6.07, 6.45) is 9.19. The quantitative estimate of drug-likeness (QED) is 0.839. The van der Waals surface area contributed by atoms with Crippen LogP contribution in [-0.2, 0) is 13.0 Å². The second kappa shape index (κ2) is 6.26. The molecule has 0 aliphatic rings. The molecule has 0 aliphatic carbocycles. The first-order valence-electron chi connectivity index (χ1n) is 6.28. The Morgan fingerprint density at radius 3 is 2.89 bits per heavy atom. The van der Waals surface area contributed by atoms with E-state index in [0.717, 1.165) is 30.9 Å². The van der Waals surface area contributed by atoms with Crippen LogP contribution < -0.4 is 5.32 Å². The van der Waals surface area contributed by atoms with Crippen LogP contribution in [0.15, 0.2) is 31.0 Å². The summed E-state index contributed by atoms with van der Waals surface area (Å²) < 4.78 is 2.20. The minimum absolute atomic E-state index is 0.172. The van der Waals surface area contributed by atoms with Crippen molar-refractivity contribution >= 4 is 0 Å². The Balaban J connectivity index is 2.13. The third-order valence-electron chi connectivity index (χ3n) is 2.96. The number of aryl methyl sites for hydroxylation is 1. The lowest BCUT2D eigenvalue weighted by Gasteiger charge is -2.15. The molecule has 2 rings (SSSR count). The number of likely N-dealkylation sites (N-methyl/N-ethyl adjacent to an activating group) is 1. The number of aromatic nitrogens is 4. The van der Waals surface area contributed by atoms with Crippen LogP contribution in [0, 0.1) is 0 Å². The van der Waals surface area contributed by atoms with E-state index in [1.54, 1.807) is 12.5 Å². The Labute approximate surface area is 107 Å². The number of hydrogen-bond donors (Lipinski definition) is 1. The summed E-state index contributed by atoms with van der Waals surface area (Å²) in [5, 5.41) is 3.28. The lowest BCUT2D eigenvalue weighted by atomic mass is 10.1. The van der Waals surface area contributed by atoms with Gasteiger partial charge in [0.25, 0.3) is 0 Å². The van der Waals surface area contributed by atoms with Crippen molar-refractivity contribution in [3.63, 3.8) is 0 Å².